The number of hydrazine groups is 1. The standard InChI is InChI=1S/C20H19N3O5S/c1-13-12-18(14(2)28-13)20(25)22-21-19(24)15-8-10-17(11-9-15)29(26,27)23-16-6-4-3-5-7-16/h3-12,23H,1-2H3,(H,21,24)(H,22,25). The van der Waals surface area contributed by atoms with Gasteiger partial charge in [-0.05, 0) is 56.3 Å². The van der Waals surface area contributed by atoms with Gasteiger partial charge in [-0.15, -0.1) is 0 Å². The summed E-state index contributed by atoms with van der Waals surface area (Å²) in [4.78, 5) is 24.3. The van der Waals surface area contributed by atoms with Crippen LogP contribution in [0.5, 0.6) is 0 Å². The van der Waals surface area contributed by atoms with Gasteiger partial charge in [-0.25, -0.2) is 8.42 Å². The molecule has 0 fully saturated rings. The van der Waals surface area contributed by atoms with E-state index >= 15 is 0 Å². The lowest BCUT2D eigenvalue weighted by molar-refractivity contribution is 0.0845. The maximum absolute atomic E-state index is 12.4. The first-order valence-electron chi connectivity index (χ1n) is 8.62. The van der Waals surface area contributed by atoms with E-state index in [-0.39, 0.29) is 10.5 Å². The first kappa shape index (κ1) is 20.2. The van der Waals surface area contributed by atoms with E-state index in [1.165, 1.54) is 24.3 Å². The first-order valence-corrected chi connectivity index (χ1v) is 10.1. The van der Waals surface area contributed by atoms with E-state index in [2.05, 4.69) is 15.6 Å². The lowest BCUT2D eigenvalue weighted by Gasteiger charge is -2.09. The summed E-state index contributed by atoms with van der Waals surface area (Å²) >= 11 is 0. The number of benzene rings is 2. The van der Waals surface area contributed by atoms with Crippen molar-refractivity contribution in [3.05, 3.63) is 83.3 Å². The van der Waals surface area contributed by atoms with Gasteiger partial charge in [-0.3, -0.25) is 25.2 Å². The molecule has 0 bridgehead atoms. The largest absolute Gasteiger partial charge is 0.466 e. The highest BCUT2D eigenvalue weighted by molar-refractivity contribution is 7.92. The van der Waals surface area contributed by atoms with Crippen LogP contribution in [0.15, 0.2) is 70.0 Å². The summed E-state index contributed by atoms with van der Waals surface area (Å²) in [5.74, 6) is -0.0789. The number of carbonyl (C=O) groups is 2. The van der Waals surface area contributed by atoms with Crippen LogP contribution in [0.25, 0.3) is 0 Å². The summed E-state index contributed by atoms with van der Waals surface area (Å²) in [6.07, 6.45) is 0. The molecule has 3 rings (SSSR count). The summed E-state index contributed by atoms with van der Waals surface area (Å²) in [5.41, 5.74) is 5.52. The Balaban J connectivity index is 1.64. The number of anilines is 1. The van der Waals surface area contributed by atoms with Crippen molar-refractivity contribution in [2.45, 2.75) is 18.7 Å². The Labute approximate surface area is 168 Å². The summed E-state index contributed by atoms with van der Waals surface area (Å²) in [6.45, 7) is 3.36. The lowest BCUT2D eigenvalue weighted by Crippen LogP contribution is -2.41. The van der Waals surface area contributed by atoms with Gasteiger partial charge in [0.25, 0.3) is 21.8 Å². The third-order valence-corrected chi connectivity index (χ3v) is 5.43. The molecule has 0 spiro atoms. The van der Waals surface area contributed by atoms with Gasteiger partial charge in [0.15, 0.2) is 0 Å². The highest BCUT2D eigenvalue weighted by Crippen LogP contribution is 2.16. The number of para-hydroxylation sites is 1. The molecule has 0 aliphatic heterocycles. The Morgan fingerprint density at radius 3 is 2.07 bits per heavy atom. The van der Waals surface area contributed by atoms with E-state index < -0.39 is 21.8 Å². The summed E-state index contributed by atoms with van der Waals surface area (Å²) in [7, 11) is -3.78. The molecule has 1 aromatic heterocycles. The Bertz CT molecular complexity index is 1140. The molecule has 3 N–H and O–H groups in total. The van der Waals surface area contributed by atoms with Gasteiger partial charge < -0.3 is 4.42 Å². The number of hydrogen-bond acceptors (Lipinski definition) is 5. The number of furan rings is 1. The third kappa shape index (κ3) is 4.82. The van der Waals surface area contributed by atoms with Crippen molar-refractivity contribution in [2.24, 2.45) is 0 Å². The molecule has 0 aliphatic carbocycles. The molecule has 1 heterocycles. The van der Waals surface area contributed by atoms with Crippen molar-refractivity contribution >= 4 is 27.5 Å². The fourth-order valence-corrected chi connectivity index (χ4v) is 3.67. The fraction of sp³-hybridized carbons (Fsp3) is 0.100. The van der Waals surface area contributed by atoms with Gasteiger partial charge in [0.05, 0.1) is 10.5 Å². The SMILES string of the molecule is Cc1cc(C(=O)NNC(=O)c2ccc(S(=O)(=O)Nc3ccccc3)cc2)c(C)o1. The highest BCUT2D eigenvalue weighted by Gasteiger charge is 2.17. The van der Waals surface area contributed by atoms with Crippen LogP contribution < -0.4 is 15.6 Å². The van der Waals surface area contributed by atoms with E-state index in [9.17, 15) is 18.0 Å². The molecule has 0 atom stereocenters. The molecule has 0 radical (unpaired) electrons. The summed E-state index contributed by atoms with van der Waals surface area (Å²) in [6, 6.07) is 15.4. The van der Waals surface area contributed by atoms with E-state index in [1.807, 2.05) is 0 Å². The molecule has 0 saturated heterocycles. The van der Waals surface area contributed by atoms with Gasteiger partial charge >= 0.3 is 0 Å². The Hall–Kier alpha value is -3.59. The second kappa shape index (κ2) is 8.19. The molecular weight excluding hydrogens is 394 g/mol. The molecule has 2 amide bonds. The predicted octanol–water partition coefficient (Wildman–Crippen LogP) is 2.77. The van der Waals surface area contributed by atoms with Crippen molar-refractivity contribution in [1.29, 1.82) is 0 Å². The minimum absolute atomic E-state index is 0.00596. The van der Waals surface area contributed by atoms with Crippen LogP contribution in [0.4, 0.5) is 5.69 Å². The zero-order valence-corrected chi connectivity index (χ0v) is 16.5. The topological polar surface area (TPSA) is 118 Å². The smallest absolute Gasteiger partial charge is 0.273 e. The molecule has 0 saturated carbocycles. The second-order valence-electron chi connectivity index (χ2n) is 6.23. The van der Waals surface area contributed by atoms with Gasteiger partial charge in [0.1, 0.15) is 11.5 Å². The lowest BCUT2D eigenvalue weighted by atomic mass is 10.2. The summed E-state index contributed by atoms with van der Waals surface area (Å²) in [5, 5.41) is 0. The van der Waals surface area contributed by atoms with Crippen molar-refractivity contribution in [3.63, 3.8) is 0 Å². The van der Waals surface area contributed by atoms with Crippen LogP contribution in [0, 0.1) is 13.8 Å². The average molecular weight is 413 g/mol. The van der Waals surface area contributed by atoms with Gasteiger partial charge in [0.2, 0.25) is 0 Å². The molecular formula is C20H19N3O5S. The van der Waals surface area contributed by atoms with Crippen LogP contribution in [0.3, 0.4) is 0 Å². The Morgan fingerprint density at radius 1 is 0.862 bits per heavy atom. The Kier molecular flexibility index (Phi) is 5.69. The minimum Gasteiger partial charge on any atom is -0.466 e. The fourth-order valence-electron chi connectivity index (χ4n) is 2.62. The van der Waals surface area contributed by atoms with E-state index in [1.54, 1.807) is 50.2 Å². The first-order chi connectivity index (χ1) is 13.8. The van der Waals surface area contributed by atoms with Crippen molar-refractivity contribution < 1.29 is 22.4 Å². The number of nitrogens with one attached hydrogen (secondary N) is 3. The highest BCUT2D eigenvalue weighted by atomic mass is 32.2. The van der Waals surface area contributed by atoms with E-state index in [0.29, 0.717) is 22.8 Å². The van der Waals surface area contributed by atoms with Crippen molar-refractivity contribution in [3.8, 4) is 0 Å². The minimum atomic E-state index is -3.78. The van der Waals surface area contributed by atoms with E-state index in [4.69, 9.17) is 4.42 Å². The number of amides is 2. The normalized spacial score (nSPS) is 11.0. The second-order valence-corrected chi connectivity index (χ2v) is 7.91. The predicted molar refractivity (Wildman–Crippen MR) is 107 cm³/mol. The maximum atomic E-state index is 12.4. The van der Waals surface area contributed by atoms with Crippen LogP contribution in [-0.4, -0.2) is 20.2 Å². The number of hydrogen-bond donors (Lipinski definition) is 3. The molecule has 0 aliphatic rings. The maximum Gasteiger partial charge on any atom is 0.273 e. The number of rotatable bonds is 5. The molecule has 9 heteroatoms. The third-order valence-electron chi connectivity index (χ3n) is 4.03. The van der Waals surface area contributed by atoms with Gasteiger partial charge in [-0.2, -0.15) is 0 Å². The van der Waals surface area contributed by atoms with Crippen LogP contribution in [-0.2, 0) is 10.0 Å². The zero-order valence-electron chi connectivity index (χ0n) is 15.7. The monoisotopic (exact) mass is 413 g/mol. The van der Waals surface area contributed by atoms with Crippen LogP contribution in [0.2, 0.25) is 0 Å². The van der Waals surface area contributed by atoms with Crippen LogP contribution in [0.1, 0.15) is 32.2 Å². The summed E-state index contributed by atoms with van der Waals surface area (Å²) < 4.78 is 32.6. The number of carbonyl (C=O) groups excluding carboxylic acids is 2. The van der Waals surface area contributed by atoms with E-state index in [0.717, 1.165) is 0 Å². The zero-order chi connectivity index (χ0) is 21.0. The van der Waals surface area contributed by atoms with Crippen molar-refractivity contribution in [1.82, 2.24) is 10.9 Å². The van der Waals surface area contributed by atoms with Gasteiger partial charge in [-0.1, -0.05) is 18.2 Å². The van der Waals surface area contributed by atoms with Crippen molar-refractivity contribution in [2.75, 3.05) is 4.72 Å². The Morgan fingerprint density at radius 2 is 1.48 bits per heavy atom. The average Bonchev–Trinajstić information content (AvgIpc) is 3.04. The molecule has 0 unspecified atom stereocenters. The quantitative estimate of drug-likeness (QED) is 0.556. The molecule has 29 heavy (non-hydrogen) atoms. The molecule has 150 valence electrons. The van der Waals surface area contributed by atoms with Crippen LogP contribution >= 0.6 is 0 Å². The molecule has 8 nitrogen and oxygen atoms in total. The molecule has 3 aromatic rings. The molecule has 2 aromatic carbocycles. The number of sulfonamides is 1. The number of aryl methyl sites for hydroxylation is 2. The van der Waals surface area contributed by atoms with Gasteiger partial charge in [0, 0.05) is 11.3 Å².